The van der Waals surface area contributed by atoms with E-state index in [2.05, 4.69) is 34.3 Å². The van der Waals surface area contributed by atoms with Gasteiger partial charge in [0.2, 0.25) is 0 Å². The third-order valence-corrected chi connectivity index (χ3v) is 4.97. The zero-order chi connectivity index (χ0) is 19.2. The number of rotatable bonds is 6. The Labute approximate surface area is 161 Å². The molecule has 1 aliphatic rings. The van der Waals surface area contributed by atoms with Crippen LogP contribution in [-0.4, -0.2) is 50.1 Å². The highest BCUT2D eigenvalue weighted by Crippen LogP contribution is 2.20. The van der Waals surface area contributed by atoms with Gasteiger partial charge in [-0.3, -0.25) is 4.79 Å². The fourth-order valence-corrected chi connectivity index (χ4v) is 3.15. The molecule has 1 amide bonds. The van der Waals surface area contributed by atoms with Crippen LogP contribution in [-0.2, 0) is 4.79 Å². The van der Waals surface area contributed by atoms with Gasteiger partial charge in [-0.2, -0.15) is 0 Å². The summed E-state index contributed by atoms with van der Waals surface area (Å²) in [7, 11) is 2.15. The average Bonchev–Trinajstić information content (AvgIpc) is 2.69. The predicted octanol–water partition coefficient (Wildman–Crippen LogP) is 3.54. The van der Waals surface area contributed by atoms with Crippen LogP contribution in [0.3, 0.4) is 0 Å². The summed E-state index contributed by atoms with van der Waals surface area (Å²) >= 11 is 0. The third-order valence-electron chi connectivity index (χ3n) is 4.97. The van der Waals surface area contributed by atoms with Gasteiger partial charge in [0.05, 0.1) is 0 Å². The average molecular weight is 367 g/mol. The van der Waals surface area contributed by atoms with E-state index in [1.54, 1.807) is 0 Å². The first-order chi connectivity index (χ1) is 13.0. The molecule has 1 saturated heterocycles. The van der Waals surface area contributed by atoms with E-state index >= 15 is 0 Å². The number of likely N-dealkylation sites (N-methyl/N-ethyl adjacent to an activating group) is 1. The molecule has 144 valence electrons. The number of carbonyl (C=O) groups excluding carboxylic acids is 1. The molecule has 0 radical (unpaired) electrons. The highest BCUT2D eigenvalue weighted by atomic mass is 16.5. The second kappa shape index (κ2) is 8.91. The number of amides is 1. The first-order valence-corrected chi connectivity index (χ1v) is 9.63. The number of hydrogen-bond acceptors (Lipinski definition) is 4. The smallest absolute Gasteiger partial charge is 0.265 e. The highest BCUT2D eigenvalue weighted by Gasteiger charge is 2.19. The molecule has 0 bridgehead atoms. The summed E-state index contributed by atoms with van der Waals surface area (Å²) in [6.07, 6.45) is 0.101. The van der Waals surface area contributed by atoms with Crippen molar-refractivity contribution in [3.05, 3.63) is 54.1 Å². The first kappa shape index (κ1) is 19.2. The number of carbonyl (C=O) groups is 1. The van der Waals surface area contributed by atoms with Gasteiger partial charge >= 0.3 is 0 Å². The van der Waals surface area contributed by atoms with Gasteiger partial charge < -0.3 is 19.9 Å². The molecule has 1 N–H and O–H groups in total. The van der Waals surface area contributed by atoms with Gasteiger partial charge in [-0.1, -0.05) is 24.6 Å². The molecule has 2 aromatic carbocycles. The maximum Gasteiger partial charge on any atom is 0.265 e. The largest absolute Gasteiger partial charge is 0.481 e. The van der Waals surface area contributed by atoms with Crippen LogP contribution in [0.25, 0.3) is 0 Å². The van der Waals surface area contributed by atoms with E-state index in [0.29, 0.717) is 12.2 Å². The van der Waals surface area contributed by atoms with Crippen LogP contribution in [0.15, 0.2) is 48.5 Å². The standard InChI is InChI=1S/C22H29N3O2/c1-4-21(27-20-11-5-17(2)6-12-20)22(26)23-18-7-9-19(10-8-18)25-15-13-24(3)14-16-25/h5-12,21H,4,13-16H2,1-3H3,(H,23,26)/t21-/m1/s1. The third kappa shape index (κ3) is 5.23. The number of hydrogen-bond donors (Lipinski definition) is 1. The molecule has 5 heteroatoms. The lowest BCUT2D eigenvalue weighted by molar-refractivity contribution is -0.122. The van der Waals surface area contributed by atoms with Crippen LogP contribution < -0.4 is 15.0 Å². The topological polar surface area (TPSA) is 44.8 Å². The fraction of sp³-hybridized carbons (Fsp3) is 0.409. The Morgan fingerprint density at radius 3 is 2.26 bits per heavy atom. The van der Waals surface area contributed by atoms with Crippen molar-refractivity contribution in [1.82, 2.24) is 4.90 Å². The van der Waals surface area contributed by atoms with Crippen molar-refractivity contribution in [2.45, 2.75) is 26.4 Å². The Hall–Kier alpha value is -2.53. The second-order valence-corrected chi connectivity index (χ2v) is 7.15. The van der Waals surface area contributed by atoms with E-state index in [9.17, 15) is 4.79 Å². The van der Waals surface area contributed by atoms with Crippen molar-refractivity contribution in [3.63, 3.8) is 0 Å². The molecule has 3 rings (SSSR count). The molecule has 27 heavy (non-hydrogen) atoms. The maximum atomic E-state index is 12.6. The summed E-state index contributed by atoms with van der Waals surface area (Å²) in [5, 5.41) is 2.97. The minimum Gasteiger partial charge on any atom is -0.481 e. The van der Waals surface area contributed by atoms with E-state index in [1.807, 2.05) is 50.2 Å². The molecule has 1 aliphatic heterocycles. The minimum atomic E-state index is -0.509. The molecule has 2 aromatic rings. The van der Waals surface area contributed by atoms with Gasteiger partial charge in [-0.25, -0.2) is 0 Å². The van der Waals surface area contributed by atoms with Gasteiger partial charge in [0.1, 0.15) is 5.75 Å². The molecule has 1 fully saturated rings. The molecule has 0 saturated carbocycles. The summed E-state index contributed by atoms with van der Waals surface area (Å²) in [6.45, 7) is 8.20. The van der Waals surface area contributed by atoms with E-state index in [4.69, 9.17) is 4.74 Å². The van der Waals surface area contributed by atoms with E-state index in [-0.39, 0.29) is 5.91 Å². The van der Waals surface area contributed by atoms with Crippen LogP contribution in [0, 0.1) is 6.92 Å². The van der Waals surface area contributed by atoms with Crippen LogP contribution in [0.5, 0.6) is 5.75 Å². The molecule has 0 aromatic heterocycles. The summed E-state index contributed by atoms with van der Waals surface area (Å²) in [6, 6.07) is 15.8. The number of nitrogens with zero attached hydrogens (tertiary/aromatic N) is 2. The van der Waals surface area contributed by atoms with Crippen molar-refractivity contribution in [2.75, 3.05) is 43.4 Å². The Morgan fingerprint density at radius 1 is 1.04 bits per heavy atom. The van der Waals surface area contributed by atoms with Gasteiger partial charge in [0, 0.05) is 37.6 Å². The molecule has 1 heterocycles. The SMILES string of the molecule is CC[C@@H](Oc1ccc(C)cc1)C(=O)Nc1ccc(N2CCN(C)CC2)cc1. The monoisotopic (exact) mass is 367 g/mol. The second-order valence-electron chi connectivity index (χ2n) is 7.15. The summed E-state index contributed by atoms with van der Waals surface area (Å²) in [5.74, 6) is 0.596. The minimum absolute atomic E-state index is 0.120. The van der Waals surface area contributed by atoms with Crippen molar-refractivity contribution >= 4 is 17.3 Å². The molecule has 0 spiro atoms. The Kier molecular flexibility index (Phi) is 6.35. The number of nitrogens with one attached hydrogen (secondary N) is 1. The molecule has 1 atom stereocenters. The van der Waals surface area contributed by atoms with Crippen LogP contribution in [0.2, 0.25) is 0 Å². The number of aryl methyl sites for hydroxylation is 1. The zero-order valence-electron chi connectivity index (χ0n) is 16.4. The van der Waals surface area contributed by atoms with E-state index in [1.165, 1.54) is 11.3 Å². The van der Waals surface area contributed by atoms with Gasteiger partial charge in [-0.15, -0.1) is 0 Å². The number of benzene rings is 2. The lowest BCUT2D eigenvalue weighted by atomic mass is 10.2. The summed E-state index contributed by atoms with van der Waals surface area (Å²) < 4.78 is 5.86. The fourth-order valence-electron chi connectivity index (χ4n) is 3.15. The van der Waals surface area contributed by atoms with Gasteiger partial charge in [0.25, 0.3) is 5.91 Å². The molecule has 5 nitrogen and oxygen atoms in total. The van der Waals surface area contributed by atoms with Gasteiger partial charge in [0.15, 0.2) is 6.10 Å². The van der Waals surface area contributed by atoms with Crippen molar-refractivity contribution < 1.29 is 9.53 Å². The van der Waals surface area contributed by atoms with Crippen molar-refractivity contribution in [2.24, 2.45) is 0 Å². The lowest BCUT2D eigenvalue weighted by Gasteiger charge is -2.34. The van der Waals surface area contributed by atoms with E-state index in [0.717, 1.165) is 31.9 Å². The molecule has 0 unspecified atom stereocenters. The number of ether oxygens (including phenoxy) is 1. The van der Waals surface area contributed by atoms with Crippen LogP contribution in [0.4, 0.5) is 11.4 Å². The molecule has 0 aliphatic carbocycles. The summed E-state index contributed by atoms with van der Waals surface area (Å²) in [5.41, 5.74) is 3.16. The lowest BCUT2D eigenvalue weighted by Crippen LogP contribution is -2.44. The summed E-state index contributed by atoms with van der Waals surface area (Å²) in [4.78, 5) is 17.3. The number of piperazine rings is 1. The van der Waals surface area contributed by atoms with E-state index < -0.39 is 6.10 Å². The Balaban J connectivity index is 1.58. The Bertz CT molecular complexity index is 735. The zero-order valence-corrected chi connectivity index (χ0v) is 16.4. The highest BCUT2D eigenvalue weighted by molar-refractivity contribution is 5.94. The Morgan fingerprint density at radius 2 is 1.67 bits per heavy atom. The quantitative estimate of drug-likeness (QED) is 0.848. The van der Waals surface area contributed by atoms with Crippen LogP contribution in [0.1, 0.15) is 18.9 Å². The number of anilines is 2. The van der Waals surface area contributed by atoms with Gasteiger partial charge in [-0.05, 0) is 56.8 Å². The predicted molar refractivity (Wildman–Crippen MR) is 111 cm³/mol. The maximum absolute atomic E-state index is 12.6. The van der Waals surface area contributed by atoms with Crippen molar-refractivity contribution in [1.29, 1.82) is 0 Å². The van der Waals surface area contributed by atoms with Crippen molar-refractivity contribution in [3.8, 4) is 5.75 Å². The molecular weight excluding hydrogens is 338 g/mol. The first-order valence-electron chi connectivity index (χ1n) is 9.63. The molecular formula is C22H29N3O2. The normalized spacial score (nSPS) is 16.0. The van der Waals surface area contributed by atoms with Crippen LogP contribution >= 0.6 is 0 Å².